The maximum atomic E-state index is 6.15. The number of nitrogens with zero attached hydrogens (tertiary/aromatic N) is 3. The van der Waals surface area contributed by atoms with E-state index in [4.69, 9.17) is 4.74 Å². The van der Waals surface area contributed by atoms with E-state index in [0.29, 0.717) is 12.0 Å². The Morgan fingerprint density at radius 1 is 1.50 bits per heavy atom. The predicted octanol–water partition coefficient (Wildman–Crippen LogP) is 2.14. The Balaban J connectivity index is 1.38. The Hall–Kier alpha value is -1.24. The number of H-pyrrole nitrogens is 1. The summed E-state index contributed by atoms with van der Waals surface area (Å²) in [6, 6.07) is 4.33. The van der Waals surface area contributed by atoms with Crippen LogP contribution in [0.4, 0.5) is 0 Å². The predicted molar refractivity (Wildman–Crippen MR) is 76.4 cm³/mol. The van der Waals surface area contributed by atoms with Gasteiger partial charge in [0.15, 0.2) is 5.82 Å². The molecule has 1 N–H and O–H groups in total. The largest absolute Gasteiger partial charge is 0.365 e. The van der Waals surface area contributed by atoms with Crippen LogP contribution in [0.3, 0.4) is 0 Å². The third kappa shape index (κ3) is 2.28. The van der Waals surface area contributed by atoms with Gasteiger partial charge in [-0.1, -0.05) is 6.07 Å². The topological polar surface area (TPSA) is 54.0 Å². The number of thiophene rings is 1. The van der Waals surface area contributed by atoms with Crippen LogP contribution in [-0.2, 0) is 11.3 Å². The second-order valence-corrected chi connectivity index (χ2v) is 6.74. The molecule has 106 valence electrons. The molecule has 0 saturated carbocycles. The van der Waals surface area contributed by atoms with Crippen molar-refractivity contribution in [3.8, 4) is 0 Å². The molecule has 4 rings (SSSR count). The van der Waals surface area contributed by atoms with E-state index >= 15 is 0 Å². The molecule has 2 saturated heterocycles. The van der Waals surface area contributed by atoms with Crippen molar-refractivity contribution in [1.82, 2.24) is 20.1 Å². The van der Waals surface area contributed by atoms with Crippen LogP contribution in [-0.4, -0.2) is 39.3 Å². The second kappa shape index (κ2) is 4.95. The first-order valence-electron chi connectivity index (χ1n) is 7.07. The van der Waals surface area contributed by atoms with Gasteiger partial charge >= 0.3 is 0 Å². The Bertz CT molecular complexity index is 568. The smallest absolute Gasteiger partial charge is 0.179 e. The van der Waals surface area contributed by atoms with Gasteiger partial charge < -0.3 is 4.74 Å². The van der Waals surface area contributed by atoms with Gasteiger partial charge in [0.25, 0.3) is 0 Å². The summed E-state index contributed by atoms with van der Waals surface area (Å²) in [6.45, 7) is 5.14. The minimum atomic E-state index is 0.0823. The molecule has 0 radical (unpaired) electrons. The van der Waals surface area contributed by atoms with Crippen LogP contribution in [0.15, 0.2) is 17.5 Å². The summed E-state index contributed by atoms with van der Waals surface area (Å²) in [7, 11) is 0. The molecule has 0 unspecified atom stereocenters. The fourth-order valence-electron chi connectivity index (χ4n) is 3.27. The highest BCUT2D eigenvalue weighted by molar-refractivity contribution is 7.09. The average Bonchev–Trinajstić information content (AvgIpc) is 3.12. The molecule has 2 aliphatic rings. The van der Waals surface area contributed by atoms with Gasteiger partial charge in [-0.05, 0) is 24.8 Å². The number of hydrogen-bond donors (Lipinski definition) is 1. The van der Waals surface area contributed by atoms with E-state index in [-0.39, 0.29) is 6.10 Å². The first-order chi connectivity index (χ1) is 9.78. The van der Waals surface area contributed by atoms with Gasteiger partial charge in [-0.15, -0.1) is 11.3 Å². The molecule has 4 heterocycles. The van der Waals surface area contributed by atoms with Gasteiger partial charge in [0.1, 0.15) is 11.9 Å². The summed E-state index contributed by atoms with van der Waals surface area (Å²) in [6.07, 6.45) is 1.47. The van der Waals surface area contributed by atoms with Gasteiger partial charge in [0, 0.05) is 30.4 Å². The molecule has 2 aromatic heterocycles. The number of rotatable bonds is 3. The number of likely N-dealkylation sites (tertiary alicyclic amines) is 1. The zero-order valence-corrected chi connectivity index (χ0v) is 12.3. The van der Waals surface area contributed by atoms with Crippen LogP contribution < -0.4 is 0 Å². The fraction of sp³-hybridized carbons (Fsp3) is 0.571. The van der Waals surface area contributed by atoms with Crippen molar-refractivity contribution in [2.75, 3.05) is 13.1 Å². The number of fused-ring (bicyclic) bond motifs is 1. The molecular formula is C14H18N4OS. The lowest BCUT2D eigenvalue weighted by Crippen LogP contribution is -2.23. The van der Waals surface area contributed by atoms with Crippen molar-refractivity contribution in [3.63, 3.8) is 0 Å². The first kappa shape index (κ1) is 12.5. The quantitative estimate of drug-likeness (QED) is 0.941. The molecule has 2 aromatic rings. The van der Waals surface area contributed by atoms with Gasteiger partial charge in [-0.2, -0.15) is 5.10 Å². The third-order valence-corrected chi connectivity index (χ3v) is 5.04. The molecule has 0 amide bonds. The zero-order valence-electron chi connectivity index (χ0n) is 11.5. The molecular weight excluding hydrogens is 272 g/mol. The lowest BCUT2D eigenvalue weighted by molar-refractivity contribution is 0.0327. The lowest BCUT2D eigenvalue weighted by Gasteiger charge is -2.17. The van der Waals surface area contributed by atoms with Crippen LogP contribution in [0.2, 0.25) is 0 Å². The average molecular weight is 290 g/mol. The number of hydrogen-bond acceptors (Lipinski definition) is 5. The Labute approximate surface area is 122 Å². The Kier molecular flexibility index (Phi) is 3.09. The molecule has 20 heavy (non-hydrogen) atoms. The summed E-state index contributed by atoms with van der Waals surface area (Å²) >= 11 is 1.83. The van der Waals surface area contributed by atoms with Crippen molar-refractivity contribution < 1.29 is 4.74 Å². The molecule has 2 aliphatic heterocycles. The molecule has 3 atom stereocenters. The molecule has 5 nitrogen and oxygen atoms in total. The van der Waals surface area contributed by atoms with E-state index < -0.39 is 0 Å². The van der Waals surface area contributed by atoms with Gasteiger partial charge in [-0.25, -0.2) is 4.98 Å². The zero-order chi connectivity index (χ0) is 13.5. The molecule has 2 fully saturated rings. The van der Waals surface area contributed by atoms with Crippen molar-refractivity contribution in [2.45, 2.75) is 32.1 Å². The van der Waals surface area contributed by atoms with E-state index in [1.807, 2.05) is 18.3 Å². The summed E-state index contributed by atoms with van der Waals surface area (Å²) in [5, 5.41) is 9.27. The second-order valence-electron chi connectivity index (χ2n) is 5.71. The highest BCUT2D eigenvalue weighted by Crippen LogP contribution is 2.40. The first-order valence-corrected chi connectivity index (χ1v) is 7.95. The van der Waals surface area contributed by atoms with E-state index in [1.165, 1.54) is 4.88 Å². The Morgan fingerprint density at radius 3 is 3.15 bits per heavy atom. The number of aromatic nitrogens is 3. The van der Waals surface area contributed by atoms with Crippen LogP contribution in [0, 0.1) is 12.8 Å². The summed E-state index contributed by atoms with van der Waals surface area (Å²) in [4.78, 5) is 8.33. The molecule has 0 bridgehead atoms. The van der Waals surface area contributed by atoms with Gasteiger partial charge in [0.05, 0.1) is 6.10 Å². The Morgan fingerprint density at radius 2 is 2.45 bits per heavy atom. The van der Waals surface area contributed by atoms with Crippen LogP contribution >= 0.6 is 11.3 Å². The summed E-state index contributed by atoms with van der Waals surface area (Å²) in [5.41, 5.74) is 0. The monoisotopic (exact) mass is 290 g/mol. The van der Waals surface area contributed by atoms with Crippen molar-refractivity contribution >= 4 is 11.3 Å². The van der Waals surface area contributed by atoms with E-state index in [2.05, 4.69) is 37.6 Å². The third-order valence-electron chi connectivity index (χ3n) is 4.17. The van der Waals surface area contributed by atoms with Crippen molar-refractivity contribution in [2.24, 2.45) is 5.92 Å². The molecule has 0 aliphatic carbocycles. The number of ether oxygens (including phenoxy) is 1. The standard InChI is InChI=1S/C14H18N4OS/c1-9-15-14(17-16-9)12-5-10-6-18(8-13(10)19-12)7-11-3-2-4-20-11/h2-4,10,12-13H,5-8H2,1H3,(H,15,16,17)/t10-,12-,13+/m0/s1. The van der Waals surface area contributed by atoms with E-state index in [1.54, 1.807) is 0 Å². The maximum absolute atomic E-state index is 6.15. The van der Waals surface area contributed by atoms with Gasteiger partial charge in [-0.3, -0.25) is 10.00 Å². The summed E-state index contributed by atoms with van der Waals surface area (Å²) < 4.78 is 6.15. The number of aryl methyl sites for hydroxylation is 1. The number of nitrogens with one attached hydrogen (secondary N) is 1. The maximum Gasteiger partial charge on any atom is 0.179 e. The molecule has 0 aromatic carbocycles. The minimum absolute atomic E-state index is 0.0823. The van der Waals surface area contributed by atoms with Crippen molar-refractivity contribution in [3.05, 3.63) is 34.0 Å². The van der Waals surface area contributed by atoms with Crippen molar-refractivity contribution in [1.29, 1.82) is 0 Å². The molecule has 0 spiro atoms. The van der Waals surface area contributed by atoms with Crippen LogP contribution in [0.5, 0.6) is 0 Å². The van der Waals surface area contributed by atoms with Gasteiger partial charge in [0.2, 0.25) is 0 Å². The highest BCUT2D eigenvalue weighted by Gasteiger charge is 2.43. The minimum Gasteiger partial charge on any atom is -0.365 e. The summed E-state index contributed by atoms with van der Waals surface area (Å²) in [5.74, 6) is 2.31. The lowest BCUT2D eigenvalue weighted by atomic mass is 10.0. The van der Waals surface area contributed by atoms with Crippen LogP contribution in [0.25, 0.3) is 0 Å². The molecule has 6 heteroatoms. The normalized spacial score (nSPS) is 29.9. The number of aromatic amines is 1. The SMILES string of the molecule is Cc1nc([C@@H]2C[C@H]3CN(Cc4cccs4)C[C@H]3O2)n[nH]1. The van der Waals surface area contributed by atoms with E-state index in [9.17, 15) is 0 Å². The highest BCUT2D eigenvalue weighted by atomic mass is 32.1. The van der Waals surface area contributed by atoms with Crippen LogP contribution in [0.1, 0.15) is 29.1 Å². The van der Waals surface area contributed by atoms with E-state index in [0.717, 1.165) is 37.7 Å². The fourth-order valence-corrected chi connectivity index (χ4v) is 4.02.